The van der Waals surface area contributed by atoms with Gasteiger partial charge in [-0.15, -0.1) is 0 Å². The van der Waals surface area contributed by atoms with Crippen molar-refractivity contribution in [3.8, 4) is 16.9 Å². The van der Waals surface area contributed by atoms with E-state index in [1.165, 1.54) is 29.7 Å². The predicted octanol–water partition coefficient (Wildman–Crippen LogP) is 1.06. The lowest BCUT2D eigenvalue weighted by Crippen LogP contribution is -2.43. The lowest BCUT2D eigenvalue weighted by Gasteiger charge is -2.14. The summed E-state index contributed by atoms with van der Waals surface area (Å²) in [6, 6.07) is 9.12. The highest BCUT2D eigenvalue weighted by Crippen LogP contribution is 2.26. The largest absolute Gasteiger partial charge is 0.383 e. The Kier molecular flexibility index (Phi) is 6.54. The molecule has 0 spiro atoms. The topological polar surface area (TPSA) is 123 Å². The number of hydrogen-bond acceptors (Lipinski definition) is 7. The molecule has 2 aromatic heterocycles. The number of hydrogen-bond donors (Lipinski definition) is 0. The molecule has 0 aliphatic carbocycles. The zero-order chi connectivity index (χ0) is 21.7. The standard InChI is InChI=1S/C19H21N5O6/c1-29-10-8-21-16(14-12-20-23(13-14)15-6-4-3-5-7-15)17(24(27)28)18(25)22(19(21)26)9-11-30-2/h3-7,12-13H,8-11H2,1-2H3. The van der Waals surface area contributed by atoms with E-state index in [1.807, 2.05) is 30.3 Å². The van der Waals surface area contributed by atoms with E-state index < -0.39 is 21.9 Å². The minimum Gasteiger partial charge on any atom is -0.383 e. The predicted molar refractivity (Wildman–Crippen MR) is 108 cm³/mol. The average Bonchev–Trinajstić information content (AvgIpc) is 3.23. The zero-order valence-electron chi connectivity index (χ0n) is 16.6. The first-order valence-electron chi connectivity index (χ1n) is 9.10. The number of rotatable bonds is 9. The molecule has 0 aliphatic heterocycles. The second kappa shape index (κ2) is 9.29. The van der Waals surface area contributed by atoms with Crippen LogP contribution < -0.4 is 11.2 Å². The van der Waals surface area contributed by atoms with E-state index in [9.17, 15) is 19.7 Å². The number of benzene rings is 1. The Morgan fingerprint density at radius 1 is 1.03 bits per heavy atom. The second-order valence-corrected chi connectivity index (χ2v) is 6.34. The summed E-state index contributed by atoms with van der Waals surface area (Å²) in [6.45, 7) is 0.0993. The second-order valence-electron chi connectivity index (χ2n) is 6.34. The molecule has 0 N–H and O–H groups in total. The summed E-state index contributed by atoms with van der Waals surface area (Å²) < 4.78 is 13.5. The normalized spacial score (nSPS) is 11.0. The van der Waals surface area contributed by atoms with Crippen molar-refractivity contribution in [1.29, 1.82) is 0 Å². The maximum atomic E-state index is 13.0. The molecule has 0 amide bonds. The van der Waals surface area contributed by atoms with Gasteiger partial charge >= 0.3 is 16.9 Å². The fourth-order valence-corrected chi connectivity index (χ4v) is 3.08. The van der Waals surface area contributed by atoms with E-state index in [1.54, 1.807) is 6.20 Å². The van der Waals surface area contributed by atoms with E-state index in [0.717, 1.165) is 10.3 Å². The van der Waals surface area contributed by atoms with Crippen LogP contribution in [-0.4, -0.2) is 51.3 Å². The number of methoxy groups -OCH3 is 2. The van der Waals surface area contributed by atoms with E-state index in [-0.39, 0.29) is 37.6 Å². The molecule has 0 fully saturated rings. The fraction of sp³-hybridized carbons (Fsp3) is 0.316. The Morgan fingerprint density at radius 2 is 1.67 bits per heavy atom. The van der Waals surface area contributed by atoms with Gasteiger partial charge < -0.3 is 9.47 Å². The van der Waals surface area contributed by atoms with Gasteiger partial charge in [-0.05, 0) is 12.1 Å². The summed E-state index contributed by atoms with van der Waals surface area (Å²) in [5.74, 6) is 0. The van der Waals surface area contributed by atoms with Crippen LogP contribution in [-0.2, 0) is 22.6 Å². The molecule has 11 heteroatoms. The van der Waals surface area contributed by atoms with Crippen LogP contribution in [0.15, 0.2) is 52.3 Å². The quantitative estimate of drug-likeness (QED) is 0.378. The molecule has 0 unspecified atom stereocenters. The van der Waals surface area contributed by atoms with Gasteiger partial charge in [-0.3, -0.25) is 24.0 Å². The summed E-state index contributed by atoms with van der Waals surface area (Å²) in [7, 11) is 2.86. The monoisotopic (exact) mass is 415 g/mol. The van der Waals surface area contributed by atoms with E-state index in [2.05, 4.69) is 5.10 Å². The van der Waals surface area contributed by atoms with Crippen molar-refractivity contribution in [1.82, 2.24) is 18.9 Å². The van der Waals surface area contributed by atoms with Gasteiger partial charge in [0.2, 0.25) is 0 Å². The highest BCUT2D eigenvalue weighted by Gasteiger charge is 2.29. The van der Waals surface area contributed by atoms with Gasteiger partial charge in [0.1, 0.15) is 5.69 Å². The van der Waals surface area contributed by atoms with Gasteiger partial charge in [-0.1, -0.05) is 18.2 Å². The number of aromatic nitrogens is 4. The summed E-state index contributed by atoms with van der Waals surface area (Å²) in [5, 5.41) is 16.1. The maximum absolute atomic E-state index is 13.0. The van der Waals surface area contributed by atoms with Crippen molar-refractivity contribution in [2.75, 3.05) is 27.4 Å². The van der Waals surface area contributed by atoms with Crippen molar-refractivity contribution >= 4 is 5.69 Å². The van der Waals surface area contributed by atoms with E-state index >= 15 is 0 Å². The van der Waals surface area contributed by atoms with Crippen LogP contribution in [0.3, 0.4) is 0 Å². The molecule has 0 saturated heterocycles. The molecule has 0 atom stereocenters. The van der Waals surface area contributed by atoms with E-state index in [0.29, 0.717) is 0 Å². The Labute approximate surface area is 170 Å². The molecule has 3 aromatic rings. The van der Waals surface area contributed by atoms with Crippen LogP contribution in [0, 0.1) is 10.1 Å². The first-order chi connectivity index (χ1) is 14.5. The minimum absolute atomic E-state index is 0.0231. The number of ether oxygens (including phenoxy) is 2. The Hall–Kier alpha value is -3.57. The molecular formula is C19H21N5O6. The Morgan fingerprint density at radius 3 is 2.27 bits per heavy atom. The molecule has 30 heavy (non-hydrogen) atoms. The fourth-order valence-electron chi connectivity index (χ4n) is 3.08. The highest BCUT2D eigenvalue weighted by atomic mass is 16.6. The summed E-state index contributed by atoms with van der Waals surface area (Å²) in [6.07, 6.45) is 2.93. The molecule has 158 valence electrons. The zero-order valence-corrected chi connectivity index (χ0v) is 16.6. The van der Waals surface area contributed by atoms with Crippen LogP contribution in [0.4, 0.5) is 5.69 Å². The third kappa shape index (κ3) is 4.07. The van der Waals surface area contributed by atoms with Crippen LogP contribution in [0.5, 0.6) is 0 Å². The highest BCUT2D eigenvalue weighted by molar-refractivity contribution is 5.68. The first kappa shape index (κ1) is 21.1. The van der Waals surface area contributed by atoms with Crippen LogP contribution in [0.1, 0.15) is 0 Å². The number of para-hydroxylation sites is 1. The molecule has 11 nitrogen and oxygen atoms in total. The number of nitro groups is 1. The molecule has 0 bridgehead atoms. The van der Waals surface area contributed by atoms with Crippen molar-refractivity contribution in [3.05, 3.63) is 73.7 Å². The smallest absolute Gasteiger partial charge is 0.358 e. The average molecular weight is 415 g/mol. The first-order valence-corrected chi connectivity index (χ1v) is 9.10. The molecule has 1 aromatic carbocycles. The van der Waals surface area contributed by atoms with Gasteiger partial charge in [-0.2, -0.15) is 5.10 Å². The summed E-state index contributed by atoms with van der Waals surface area (Å²) in [4.78, 5) is 36.9. The van der Waals surface area contributed by atoms with Gasteiger partial charge in [0.05, 0.1) is 43.1 Å². The maximum Gasteiger partial charge on any atom is 0.358 e. The summed E-state index contributed by atoms with van der Waals surface area (Å²) in [5.41, 5.74) is -1.47. The van der Waals surface area contributed by atoms with Gasteiger partial charge in [0.15, 0.2) is 0 Å². The van der Waals surface area contributed by atoms with Crippen molar-refractivity contribution in [3.63, 3.8) is 0 Å². The molecule has 3 rings (SSSR count). The molecular weight excluding hydrogens is 394 g/mol. The Bertz CT molecular complexity index is 1150. The van der Waals surface area contributed by atoms with Crippen molar-refractivity contribution < 1.29 is 14.4 Å². The molecule has 0 saturated carbocycles. The lowest BCUT2D eigenvalue weighted by molar-refractivity contribution is -0.386. The molecule has 0 radical (unpaired) electrons. The molecule has 0 aliphatic rings. The lowest BCUT2D eigenvalue weighted by atomic mass is 10.2. The summed E-state index contributed by atoms with van der Waals surface area (Å²) >= 11 is 0. The third-order valence-electron chi connectivity index (χ3n) is 4.50. The van der Waals surface area contributed by atoms with Crippen LogP contribution in [0.2, 0.25) is 0 Å². The third-order valence-corrected chi connectivity index (χ3v) is 4.50. The van der Waals surface area contributed by atoms with Gasteiger partial charge in [0, 0.05) is 26.0 Å². The van der Waals surface area contributed by atoms with Crippen molar-refractivity contribution in [2.24, 2.45) is 0 Å². The number of nitrogens with zero attached hydrogens (tertiary/aromatic N) is 5. The van der Waals surface area contributed by atoms with Crippen LogP contribution >= 0.6 is 0 Å². The van der Waals surface area contributed by atoms with Crippen LogP contribution in [0.25, 0.3) is 16.9 Å². The Balaban J connectivity index is 2.27. The minimum atomic E-state index is -0.988. The van der Waals surface area contributed by atoms with Gasteiger partial charge in [0.25, 0.3) is 0 Å². The van der Waals surface area contributed by atoms with Gasteiger partial charge in [-0.25, -0.2) is 9.48 Å². The van der Waals surface area contributed by atoms with E-state index in [4.69, 9.17) is 9.47 Å². The SMILES string of the molecule is COCCn1c(-c2cnn(-c3ccccc3)c2)c([N+](=O)[O-])c(=O)n(CCOC)c1=O. The van der Waals surface area contributed by atoms with Crippen molar-refractivity contribution in [2.45, 2.75) is 13.1 Å². The molecule has 2 heterocycles.